The van der Waals surface area contributed by atoms with Crippen molar-refractivity contribution in [2.45, 2.75) is 53.5 Å². The molecule has 0 aliphatic heterocycles. The first-order valence-corrected chi connectivity index (χ1v) is 9.25. The number of aromatic nitrogens is 2. The van der Waals surface area contributed by atoms with E-state index >= 15 is 0 Å². The van der Waals surface area contributed by atoms with Gasteiger partial charge in [0.2, 0.25) is 5.88 Å². The monoisotopic (exact) mass is 388 g/mol. The Morgan fingerprint density at radius 3 is 2.46 bits per heavy atom. The van der Waals surface area contributed by atoms with E-state index in [1.807, 2.05) is 27.7 Å². The lowest BCUT2D eigenvalue weighted by Crippen LogP contribution is -2.29. The van der Waals surface area contributed by atoms with E-state index in [0.29, 0.717) is 35.0 Å². The molecule has 0 unspecified atom stereocenters. The number of carbonyl (C=O) groups is 1. The molecule has 0 bridgehead atoms. The average molecular weight is 388 g/mol. The molecule has 0 N–H and O–H groups in total. The molecule has 8 nitrogen and oxygen atoms in total. The van der Waals surface area contributed by atoms with E-state index in [9.17, 15) is 14.9 Å². The maximum absolute atomic E-state index is 12.8. The molecule has 28 heavy (non-hydrogen) atoms. The highest BCUT2D eigenvalue weighted by atomic mass is 16.6. The molecule has 0 saturated heterocycles. The zero-order chi connectivity index (χ0) is 21.2. The molecule has 8 heteroatoms. The van der Waals surface area contributed by atoms with Gasteiger partial charge in [-0.15, -0.1) is 0 Å². The van der Waals surface area contributed by atoms with Crippen molar-refractivity contribution in [3.8, 4) is 11.6 Å². The van der Waals surface area contributed by atoms with E-state index in [4.69, 9.17) is 4.74 Å². The Labute approximate surface area is 165 Å². The zero-order valence-electron chi connectivity index (χ0n) is 17.6. The van der Waals surface area contributed by atoms with Gasteiger partial charge in [-0.2, -0.15) is 5.10 Å². The zero-order valence-corrected chi connectivity index (χ0v) is 17.6. The molecule has 0 aliphatic carbocycles. The SMILES string of the molecule is CCCN(C)C(=O)c1nn(C(C)(C)C)c(Oc2ccc([N+](=O)[O-])c(C)c2)c1C. The van der Waals surface area contributed by atoms with Gasteiger partial charge in [0.15, 0.2) is 5.69 Å². The maximum Gasteiger partial charge on any atom is 0.274 e. The number of carbonyl (C=O) groups excluding carboxylic acids is 1. The van der Waals surface area contributed by atoms with E-state index in [1.54, 1.807) is 42.6 Å². The number of ether oxygens (including phenoxy) is 1. The topological polar surface area (TPSA) is 90.5 Å². The van der Waals surface area contributed by atoms with Gasteiger partial charge in [0.25, 0.3) is 11.6 Å². The molecule has 2 rings (SSSR count). The number of hydrogen-bond donors (Lipinski definition) is 0. The summed E-state index contributed by atoms with van der Waals surface area (Å²) in [5.74, 6) is 0.749. The van der Waals surface area contributed by atoms with Crippen molar-refractivity contribution in [3.05, 3.63) is 45.1 Å². The molecule has 152 valence electrons. The number of nitro groups is 1. The normalized spacial score (nSPS) is 11.4. The quantitative estimate of drug-likeness (QED) is 0.539. The summed E-state index contributed by atoms with van der Waals surface area (Å²) < 4.78 is 7.75. The lowest BCUT2D eigenvalue weighted by atomic mass is 10.1. The molecule has 1 aromatic heterocycles. The van der Waals surface area contributed by atoms with Crippen LogP contribution in [0.1, 0.15) is 55.7 Å². The first-order valence-electron chi connectivity index (χ1n) is 9.25. The van der Waals surface area contributed by atoms with Crippen molar-refractivity contribution in [1.82, 2.24) is 14.7 Å². The van der Waals surface area contributed by atoms with Crippen LogP contribution in [0.2, 0.25) is 0 Å². The van der Waals surface area contributed by atoms with Gasteiger partial charge < -0.3 is 9.64 Å². The van der Waals surface area contributed by atoms with Crippen LogP contribution >= 0.6 is 0 Å². The van der Waals surface area contributed by atoms with Gasteiger partial charge in [0.1, 0.15) is 5.75 Å². The van der Waals surface area contributed by atoms with Gasteiger partial charge in [0, 0.05) is 30.8 Å². The van der Waals surface area contributed by atoms with Crippen LogP contribution in [0.4, 0.5) is 5.69 Å². The molecule has 0 radical (unpaired) electrons. The molecular formula is C20H28N4O4. The fourth-order valence-electron chi connectivity index (χ4n) is 2.88. The lowest BCUT2D eigenvalue weighted by molar-refractivity contribution is -0.385. The summed E-state index contributed by atoms with van der Waals surface area (Å²) in [7, 11) is 1.75. The third-order valence-electron chi connectivity index (χ3n) is 4.39. The first kappa shape index (κ1) is 21.4. The van der Waals surface area contributed by atoms with Gasteiger partial charge in [-0.1, -0.05) is 6.92 Å². The third kappa shape index (κ3) is 4.32. The second-order valence-corrected chi connectivity index (χ2v) is 7.90. The van der Waals surface area contributed by atoms with Crippen molar-refractivity contribution >= 4 is 11.6 Å². The predicted molar refractivity (Wildman–Crippen MR) is 107 cm³/mol. The summed E-state index contributed by atoms with van der Waals surface area (Å²) in [6.45, 7) is 12.0. The summed E-state index contributed by atoms with van der Waals surface area (Å²) >= 11 is 0. The van der Waals surface area contributed by atoms with Gasteiger partial charge in [0.05, 0.1) is 10.5 Å². The number of rotatable bonds is 6. The highest BCUT2D eigenvalue weighted by molar-refractivity contribution is 5.94. The predicted octanol–water partition coefficient (Wildman–Crippen LogP) is 4.44. The fraction of sp³-hybridized carbons (Fsp3) is 0.500. The van der Waals surface area contributed by atoms with Crippen LogP contribution in [-0.4, -0.2) is 39.1 Å². The minimum atomic E-state index is -0.426. The molecule has 0 aliphatic rings. The van der Waals surface area contributed by atoms with Gasteiger partial charge >= 0.3 is 0 Å². The molecule has 2 aromatic rings. The molecular weight excluding hydrogens is 360 g/mol. The van der Waals surface area contributed by atoms with Crippen LogP contribution in [-0.2, 0) is 5.54 Å². The number of amides is 1. The van der Waals surface area contributed by atoms with E-state index in [-0.39, 0.29) is 11.6 Å². The summed E-state index contributed by atoms with van der Waals surface area (Å²) in [5.41, 5.74) is 1.10. The summed E-state index contributed by atoms with van der Waals surface area (Å²) in [6, 6.07) is 4.58. The van der Waals surface area contributed by atoms with Gasteiger partial charge in [-0.05, 0) is 53.2 Å². The number of aryl methyl sites for hydroxylation is 1. The Hall–Kier alpha value is -2.90. The Kier molecular flexibility index (Phi) is 6.11. The second-order valence-electron chi connectivity index (χ2n) is 7.90. The van der Waals surface area contributed by atoms with E-state index in [1.165, 1.54) is 6.07 Å². The molecule has 0 atom stereocenters. The van der Waals surface area contributed by atoms with Crippen molar-refractivity contribution in [3.63, 3.8) is 0 Å². The number of nitrogens with zero attached hydrogens (tertiary/aromatic N) is 4. The van der Waals surface area contributed by atoms with Crippen LogP contribution in [0.5, 0.6) is 11.6 Å². The maximum atomic E-state index is 12.8. The molecule has 0 fully saturated rings. The Morgan fingerprint density at radius 1 is 1.32 bits per heavy atom. The van der Waals surface area contributed by atoms with Crippen LogP contribution in [0.25, 0.3) is 0 Å². The van der Waals surface area contributed by atoms with Crippen molar-refractivity contribution in [2.24, 2.45) is 0 Å². The molecule has 1 aromatic carbocycles. The summed E-state index contributed by atoms with van der Waals surface area (Å²) in [6.07, 6.45) is 0.854. The van der Waals surface area contributed by atoms with Crippen LogP contribution in [0, 0.1) is 24.0 Å². The highest BCUT2D eigenvalue weighted by Gasteiger charge is 2.29. The number of hydrogen-bond acceptors (Lipinski definition) is 5. The fourth-order valence-corrected chi connectivity index (χ4v) is 2.88. The van der Waals surface area contributed by atoms with E-state index in [2.05, 4.69) is 5.10 Å². The average Bonchev–Trinajstić information content (AvgIpc) is 2.91. The van der Waals surface area contributed by atoms with Crippen LogP contribution in [0.15, 0.2) is 18.2 Å². The summed E-state index contributed by atoms with van der Waals surface area (Å²) in [4.78, 5) is 25.0. The standard InChI is InChI=1S/C20H28N4O4/c1-8-11-22(7)18(25)17-14(3)19(23(21-17)20(4,5)6)28-15-9-10-16(24(26)27)13(2)12-15/h9-10,12H,8,11H2,1-7H3. The van der Waals surface area contributed by atoms with Crippen LogP contribution in [0.3, 0.4) is 0 Å². The number of nitro benzene ring substituents is 1. The Morgan fingerprint density at radius 2 is 1.96 bits per heavy atom. The smallest absolute Gasteiger partial charge is 0.274 e. The van der Waals surface area contributed by atoms with E-state index in [0.717, 1.165) is 6.42 Å². The van der Waals surface area contributed by atoms with Crippen LogP contribution < -0.4 is 4.74 Å². The van der Waals surface area contributed by atoms with Crippen molar-refractivity contribution < 1.29 is 14.5 Å². The molecule has 1 heterocycles. The van der Waals surface area contributed by atoms with Gasteiger partial charge in [-0.3, -0.25) is 14.9 Å². The minimum absolute atomic E-state index is 0.0328. The first-order chi connectivity index (χ1) is 13.0. The largest absolute Gasteiger partial charge is 0.439 e. The highest BCUT2D eigenvalue weighted by Crippen LogP contribution is 2.34. The Bertz CT molecular complexity index is 896. The molecule has 0 spiro atoms. The second kappa shape index (κ2) is 8.00. The minimum Gasteiger partial charge on any atom is -0.439 e. The third-order valence-corrected chi connectivity index (χ3v) is 4.39. The van der Waals surface area contributed by atoms with Crippen molar-refractivity contribution in [2.75, 3.05) is 13.6 Å². The number of benzene rings is 1. The molecule has 1 amide bonds. The van der Waals surface area contributed by atoms with E-state index < -0.39 is 10.5 Å². The van der Waals surface area contributed by atoms with Gasteiger partial charge in [-0.25, -0.2) is 4.68 Å². The molecule has 0 saturated carbocycles. The van der Waals surface area contributed by atoms with Crippen molar-refractivity contribution in [1.29, 1.82) is 0 Å². The summed E-state index contributed by atoms with van der Waals surface area (Å²) in [5, 5.41) is 15.6. The Balaban J connectivity index is 2.50. The lowest BCUT2D eigenvalue weighted by Gasteiger charge is -2.22.